The van der Waals surface area contributed by atoms with Crippen LogP contribution < -0.4 is 31.0 Å². The zero-order valence-electron chi connectivity index (χ0n) is 27.1. The highest BCUT2D eigenvalue weighted by Crippen LogP contribution is 2.37. The summed E-state index contributed by atoms with van der Waals surface area (Å²) in [6, 6.07) is 15.8. The summed E-state index contributed by atoms with van der Waals surface area (Å²) in [4.78, 5) is 44.3. The zero-order valence-corrected chi connectivity index (χ0v) is 27.9. The van der Waals surface area contributed by atoms with E-state index < -0.39 is 30.1 Å². The number of hydrogen-bond acceptors (Lipinski definition) is 11. The van der Waals surface area contributed by atoms with Gasteiger partial charge in [0, 0.05) is 33.6 Å². The number of nitrogens with one attached hydrogen (secondary N) is 2. The number of nitrogens with zero attached hydrogens (tertiary/aromatic N) is 2. The van der Waals surface area contributed by atoms with Gasteiger partial charge in [0.2, 0.25) is 5.91 Å². The summed E-state index contributed by atoms with van der Waals surface area (Å²) in [6.45, 7) is 4.06. The molecule has 4 aromatic rings. The van der Waals surface area contributed by atoms with E-state index in [1.807, 2.05) is 38.1 Å². The molecule has 4 N–H and O–H groups in total. The van der Waals surface area contributed by atoms with Gasteiger partial charge >= 0.3 is 12.1 Å². The summed E-state index contributed by atoms with van der Waals surface area (Å²) in [7, 11) is 5.57. The lowest BCUT2D eigenvalue weighted by atomic mass is 9.99. The minimum atomic E-state index is -1.09. The number of carbonyl (C=O) groups excluding carboxylic acids is 3. The van der Waals surface area contributed by atoms with Gasteiger partial charge in [-0.2, -0.15) is 0 Å². The van der Waals surface area contributed by atoms with E-state index in [0.717, 1.165) is 15.7 Å². The van der Waals surface area contributed by atoms with Gasteiger partial charge in [0.15, 0.2) is 11.5 Å². The molecule has 13 heteroatoms. The molecule has 0 fully saturated rings. The first kappa shape index (κ1) is 34.9. The second kappa shape index (κ2) is 16.0. The molecule has 1 unspecified atom stereocenters. The van der Waals surface area contributed by atoms with Crippen LogP contribution in [0.4, 0.5) is 16.2 Å². The van der Waals surface area contributed by atoms with Gasteiger partial charge in [-0.3, -0.25) is 24.9 Å². The third-order valence-corrected chi connectivity index (χ3v) is 8.36. The van der Waals surface area contributed by atoms with Crippen molar-refractivity contribution >= 4 is 51.9 Å². The van der Waals surface area contributed by atoms with E-state index in [1.54, 1.807) is 60.6 Å². The van der Waals surface area contributed by atoms with Crippen LogP contribution in [0.25, 0.3) is 10.8 Å². The van der Waals surface area contributed by atoms with E-state index in [1.165, 1.54) is 33.4 Å². The predicted octanol–water partition coefficient (Wildman–Crippen LogP) is 5.77. The Morgan fingerprint density at radius 3 is 2.34 bits per heavy atom. The van der Waals surface area contributed by atoms with Crippen molar-refractivity contribution in [2.45, 2.75) is 42.5 Å². The number of nitrogens with two attached hydrogens (primary N) is 1. The molecule has 4 rings (SSSR count). The van der Waals surface area contributed by atoms with Gasteiger partial charge in [-0.25, -0.2) is 10.6 Å². The van der Waals surface area contributed by atoms with Crippen LogP contribution in [0.5, 0.6) is 11.5 Å². The first-order chi connectivity index (χ1) is 22.6. The summed E-state index contributed by atoms with van der Waals surface area (Å²) in [5.41, 5.74) is 2.09. The van der Waals surface area contributed by atoms with E-state index in [-0.39, 0.29) is 11.7 Å². The summed E-state index contributed by atoms with van der Waals surface area (Å²) >= 11 is 1.55. The number of amides is 2. The van der Waals surface area contributed by atoms with Gasteiger partial charge in [0.05, 0.1) is 46.6 Å². The Labute approximate surface area is 277 Å². The Morgan fingerprint density at radius 2 is 1.66 bits per heavy atom. The normalized spacial score (nSPS) is 12.2. The highest BCUT2D eigenvalue weighted by atomic mass is 32.2. The van der Waals surface area contributed by atoms with Crippen molar-refractivity contribution in [2.75, 3.05) is 38.8 Å². The number of anilines is 2. The van der Waals surface area contributed by atoms with Gasteiger partial charge in [-0.1, -0.05) is 26.0 Å². The van der Waals surface area contributed by atoms with E-state index in [9.17, 15) is 14.4 Å². The van der Waals surface area contributed by atoms with Crippen molar-refractivity contribution in [3.05, 3.63) is 84.2 Å². The maximum Gasteiger partial charge on any atom is 0.411 e. The third kappa shape index (κ3) is 8.63. The molecule has 47 heavy (non-hydrogen) atoms. The van der Waals surface area contributed by atoms with Crippen LogP contribution in [0.1, 0.15) is 43.5 Å². The van der Waals surface area contributed by atoms with Gasteiger partial charge < -0.3 is 24.3 Å². The lowest BCUT2D eigenvalue weighted by Crippen LogP contribution is -2.46. The highest BCUT2D eigenvalue weighted by Gasteiger charge is 2.32. The molecule has 1 aromatic heterocycles. The zero-order chi connectivity index (χ0) is 34.1. The van der Waals surface area contributed by atoms with Crippen molar-refractivity contribution in [3.63, 3.8) is 0 Å². The Balaban J connectivity index is 1.82. The molecule has 2 atom stereocenters. The molecular formula is C34H39N5O7S. The topological polar surface area (TPSA) is 154 Å². The molecule has 0 saturated carbocycles. The average Bonchev–Trinajstić information content (AvgIpc) is 3.07. The Kier molecular flexibility index (Phi) is 11.9. The summed E-state index contributed by atoms with van der Waals surface area (Å²) in [6.07, 6.45) is 2.57. The molecule has 248 valence electrons. The molecular weight excluding hydrogens is 622 g/mol. The largest absolute Gasteiger partial charge is 0.493 e. The molecule has 0 aliphatic carbocycles. The number of thioether (sulfide) groups is 1. The Hall–Kier alpha value is -5.01. The van der Waals surface area contributed by atoms with Crippen LogP contribution in [-0.4, -0.2) is 56.6 Å². The summed E-state index contributed by atoms with van der Waals surface area (Å²) in [5.74, 6) is 6.62. The maximum atomic E-state index is 14.5. The van der Waals surface area contributed by atoms with Gasteiger partial charge in [-0.05, 0) is 65.0 Å². The molecule has 3 aromatic carbocycles. The number of methoxy groups -OCH3 is 4. The first-order valence-electron chi connectivity index (χ1n) is 14.7. The standard InChI is InChI=1S/C34H39N5O7S/c1-20(2)47-30-12-9-24(37-34(42)46-6)17-26(30)27(18-31(40)45-5)38-33(41)32(22-8-11-28(43-3)29(16-22)44-4)39(35)25-10-7-23-19-36-14-13-21(23)15-25/h7-17,19-20,27,32H,18,35H2,1-6H3,(H,37,42)(H,38,41)/t27-,32?/m1/s1. The van der Waals surface area contributed by atoms with Gasteiger partial charge in [0.1, 0.15) is 6.04 Å². The SMILES string of the molecule is COC(=O)C[C@@H](NC(=O)C(c1ccc(OC)c(OC)c1)N(N)c1ccc2cnccc2c1)c1cc(NC(=O)OC)ccc1SC(C)C. The van der Waals surface area contributed by atoms with Crippen molar-refractivity contribution in [1.82, 2.24) is 10.3 Å². The van der Waals surface area contributed by atoms with Gasteiger partial charge in [-0.15, -0.1) is 11.8 Å². The van der Waals surface area contributed by atoms with Crippen LogP contribution in [-0.2, 0) is 19.1 Å². The van der Waals surface area contributed by atoms with E-state index in [4.69, 9.17) is 24.8 Å². The fraction of sp³-hybridized carbons (Fsp3) is 0.294. The number of carbonyl (C=O) groups is 3. The smallest absolute Gasteiger partial charge is 0.411 e. The second-order valence-corrected chi connectivity index (χ2v) is 12.3. The molecule has 0 spiro atoms. The number of fused-ring (bicyclic) bond motifs is 1. The Morgan fingerprint density at radius 1 is 0.894 bits per heavy atom. The highest BCUT2D eigenvalue weighted by molar-refractivity contribution is 8.00. The fourth-order valence-electron chi connectivity index (χ4n) is 5.01. The fourth-order valence-corrected chi connectivity index (χ4v) is 6.00. The number of pyridine rings is 1. The minimum absolute atomic E-state index is 0.171. The molecule has 0 aliphatic heterocycles. The maximum absolute atomic E-state index is 14.5. The average molecular weight is 662 g/mol. The third-order valence-electron chi connectivity index (χ3n) is 7.27. The number of aromatic nitrogens is 1. The van der Waals surface area contributed by atoms with Crippen molar-refractivity contribution < 1.29 is 33.3 Å². The van der Waals surface area contributed by atoms with Crippen molar-refractivity contribution in [1.29, 1.82) is 0 Å². The summed E-state index contributed by atoms with van der Waals surface area (Å²) in [5, 5.41) is 9.04. The quantitative estimate of drug-likeness (QED) is 0.0692. The first-order valence-corrected chi connectivity index (χ1v) is 15.6. The van der Waals surface area contributed by atoms with E-state index in [2.05, 4.69) is 15.6 Å². The number of hydrogen-bond donors (Lipinski definition) is 3. The lowest BCUT2D eigenvalue weighted by Gasteiger charge is -2.31. The van der Waals surface area contributed by atoms with Crippen molar-refractivity contribution in [3.8, 4) is 11.5 Å². The number of rotatable bonds is 13. The van der Waals surface area contributed by atoms with E-state index in [0.29, 0.717) is 34.0 Å². The molecule has 0 saturated heterocycles. The number of ether oxygens (including phenoxy) is 4. The molecule has 0 aliphatic rings. The number of benzene rings is 3. The van der Waals surface area contributed by atoms with Crippen LogP contribution in [0.3, 0.4) is 0 Å². The second-order valence-electron chi connectivity index (χ2n) is 10.7. The molecule has 2 amide bonds. The van der Waals surface area contributed by atoms with Gasteiger partial charge in [0.25, 0.3) is 0 Å². The van der Waals surface area contributed by atoms with Crippen LogP contribution in [0.2, 0.25) is 0 Å². The lowest BCUT2D eigenvalue weighted by molar-refractivity contribution is -0.141. The van der Waals surface area contributed by atoms with E-state index >= 15 is 0 Å². The molecule has 1 heterocycles. The van der Waals surface area contributed by atoms with Crippen molar-refractivity contribution in [2.24, 2.45) is 5.84 Å². The van der Waals surface area contributed by atoms with Crippen LogP contribution >= 0.6 is 11.8 Å². The number of hydrazine groups is 1. The number of esters is 1. The predicted molar refractivity (Wildman–Crippen MR) is 182 cm³/mol. The molecule has 0 bridgehead atoms. The summed E-state index contributed by atoms with van der Waals surface area (Å²) < 4.78 is 20.8. The van der Waals surface area contributed by atoms with Crippen LogP contribution in [0, 0.1) is 0 Å². The monoisotopic (exact) mass is 661 g/mol. The van der Waals surface area contributed by atoms with Crippen LogP contribution in [0.15, 0.2) is 78.0 Å². The molecule has 12 nitrogen and oxygen atoms in total. The molecule has 0 radical (unpaired) electrons. The Bertz CT molecular complexity index is 1730. The minimum Gasteiger partial charge on any atom is -0.493 e.